The van der Waals surface area contributed by atoms with Gasteiger partial charge in [-0.05, 0) is 46.6 Å². The maximum atomic E-state index is 5.47. The van der Waals surface area contributed by atoms with Crippen LogP contribution in [-0.2, 0) is 13.1 Å². The van der Waals surface area contributed by atoms with Crippen molar-refractivity contribution in [1.82, 2.24) is 19.6 Å². The van der Waals surface area contributed by atoms with Gasteiger partial charge in [0, 0.05) is 18.5 Å². The van der Waals surface area contributed by atoms with Gasteiger partial charge in [-0.25, -0.2) is 0 Å². The fourth-order valence-corrected chi connectivity index (χ4v) is 4.10. The molecule has 5 aromatic rings. The van der Waals surface area contributed by atoms with E-state index in [2.05, 4.69) is 82.4 Å². The molecule has 33 heavy (non-hydrogen) atoms. The van der Waals surface area contributed by atoms with Crippen LogP contribution in [-0.4, -0.2) is 24.7 Å². The molecule has 5 rings (SSSR count). The van der Waals surface area contributed by atoms with E-state index in [9.17, 15) is 0 Å². The number of nitrogens with one attached hydrogen (secondary N) is 2. The summed E-state index contributed by atoms with van der Waals surface area (Å²) in [7, 11) is 0. The van der Waals surface area contributed by atoms with Crippen LogP contribution in [0.15, 0.2) is 91.4 Å². The number of aryl methyl sites for hydroxylation is 1. The number of fused-ring (bicyclic) bond motifs is 1. The monoisotopic (exact) mass is 452 g/mol. The van der Waals surface area contributed by atoms with Crippen molar-refractivity contribution in [1.29, 1.82) is 0 Å². The van der Waals surface area contributed by atoms with Crippen LogP contribution in [0.5, 0.6) is 0 Å². The minimum atomic E-state index is 0.473. The number of aromatic nitrogens is 4. The number of hydrogen-bond donors (Lipinski definition) is 2. The van der Waals surface area contributed by atoms with Crippen molar-refractivity contribution in [2.45, 2.75) is 20.0 Å². The quantitative estimate of drug-likeness (QED) is 0.336. The number of nitrogens with zero attached hydrogens (tertiary/aromatic N) is 4. The summed E-state index contributed by atoms with van der Waals surface area (Å²) < 4.78 is 3.80. The van der Waals surface area contributed by atoms with E-state index in [-0.39, 0.29) is 0 Å². The second-order valence-electron chi connectivity index (χ2n) is 7.97. The van der Waals surface area contributed by atoms with Crippen molar-refractivity contribution >= 4 is 39.6 Å². The molecule has 2 heterocycles. The first-order valence-corrected chi connectivity index (χ1v) is 11.2. The Balaban J connectivity index is 1.20. The van der Waals surface area contributed by atoms with Gasteiger partial charge in [0.15, 0.2) is 10.9 Å². The highest BCUT2D eigenvalue weighted by molar-refractivity contribution is 7.80. The second-order valence-corrected chi connectivity index (χ2v) is 8.38. The normalized spacial score (nSPS) is 10.9. The first kappa shape index (κ1) is 20.9. The van der Waals surface area contributed by atoms with Crippen LogP contribution in [0.1, 0.15) is 16.7 Å². The van der Waals surface area contributed by atoms with Gasteiger partial charge in [0.2, 0.25) is 0 Å². The molecule has 0 saturated carbocycles. The lowest BCUT2D eigenvalue weighted by atomic mass is 10.0. The Morgan fingerprint density at radius 2 is 1.61 bits per heavy atom. The summed E-state index contributed by atoms with van der Waals surface area (Å²) in [4.78, 5) is 0. The first-order valence-electron chi connectivity index (χ1n) is 10.8. The summed E-state index contributed by atoms with van der Waals surface area (Å²) in [5, 5.41) is 18.3. The van der Waals surface area contributed by atoms with Crippen molar-refractivity contribution in [3.8, 4) is 0 Å². The Hall–Kier alpha value is -3.97. The zero-order chi connectivity index (χ0) is 22.6. The minimum Gasteiger partial charge on any atom is -0.330 e. The van der Waals surface area contributed by atoms with Crippen molar-refractivity contribution in [3.63, 3.8) is 0 Å². The van der Waals surface area contributed by atoms with Crippen LogP contribution in [0, 0.1) is 6.92 Å². The zero-order valence-electron chi connectivity index (χ0n) is 18.3. The minimum absolute atomic E-state index is 0.473. The molecular weight excluding hydrogens is 428 g/mol. The van der Waals surface area contributed by atoms with E-state index in [0.29, 0.717) is 17.5 Å². The Kier molecular flexibility index (Phi) is 5.87. The van der Waals surface area contributed by atoms with Crippen LogP contribution in [0.2, 0.25) is 0 Å². The van der Waals surface area contributed by atoms with Crippen LogP contribution in [0.25, 0.3) is 10.8 Å². The van der Waals surface area contributed by atoms with E-state index >= 15 is 0 Å². The SMILES string of the molecule is Cc1ccccc1Cn1ccc(NC(=S)Nc2cnn(Cc3cccc4ccccc34)c2)n1. The summed E-state index contributed by atoms with van der Waals surface area (Å²) in [5.41, 5.74) is 4.54. The topological polar surface area (TPSA) is 59.7 Å². The van der Waals surface area contributed by atoms with Crippen LogP contribution < -0.4 is 10.6 Å². The van der Waals surface area contributed by atoms with Gasteiger partial charge in [-0.1, -0.05) is 66.7 Å². The van der Waals surface area contributed by atoms with Gasteiger partial charge in [-0.3, -0.25) is 9.36 Å². The van der Waals surface area contributed by atoms with Gasteiger partial charge in [0.25, 0.3) is 0 Å². The molecule has 0 spiro atoms. The molecule has 6 nitrogen and oxygen atoms in total. The summed E-state index contributed by atoms with van der Waals surface area (Å²) >= 11 is 5.47. The van der Waals surface area contributed by atoms with Gasteiger partial charge in [-0.15, -0.1) is 0 Å². The van der Waals surface area contributed by atoms with Crippen molar-refractivity contribution in [2.24, 2.45) is 0 Å². The molecular formula is C26H24N6S. The molecule has 0 aliphatic rings. The molecule has 2 N–H and O–H groups in total. The number of hydrogen-bond acceptors (Lipinski definition) is 3. The van der Waals surface area contributed by atoms with Gasteiger partial charge in [-0.2, -0.15) is 10.2 Å². The molecule has 164 valence electrons. The summed E-state index contributed by atoms with van der Waals surface area (Å²) in [6.45, 7) is 3.51. The average Bonchev–Trinajstić information content (AvgIpc) is 3.44. The highest BCUT2D eigenvalue weighted by Gasteiger charge is 2.07. The Morgan fingerprint density at radius 1 is 0.848 bits per heavy atom. The van der Waals surface area contributed by atoms with Gasteiger partial charge < -0.3 is 10.6 Å². The predicted molar refractivity (Wildman–Crippen MR) is 138 cm³/mol. The highest BCUT2D eigenvalue weighted by atomic mass is 32.1. The molecule has 0 atom stereocenters. The molecule has 0 unspecified atom stereocenters. The van der Waals surface area contributed by atoms with Crippen LogP contribution in [0.4, 0.5) is 11.5 Å². The maximum Gasteiger partial charge on any atom is 0.176 e. The Bertz CT molecular complexity index is 1410. The van der Waals surface area contributed by atoms with E-state index in [1.54, 1.807) is 6.20 Å². The fourth-order valence-electron chi connectivity index (χ4n) is 3.88. The molecule has 2 aromatic heterocycles. The molecule has 0 fully saturated rings. The lowest BCUT2D eigenvalue weighted by molar-refractivity contribution is 0.687. The lowest BCUT2D eigenvalue weighted by Gasteiger charge is -2.08. The lowest BCUT2D eigenvalue weighted by Crippen LogP contribution is -2.19. The third-order valence-corrected chi connectivity index (χ3v) is 5.78. The van der Waals surface area contributed by atoms with Crippen LogP contribution >= 0.6 is 12.2 Å². The fraction of sp³-hybridized carbons (Fsp3) is 0.115. The van der Waals surface area contributed by atoms with E-state index in [1.165, 1.54) is 27.5 Å². The Morgan fingerprint density at radius 3 is 2.52 bits per heavy atom. The van der Waals surface area contributed by atoms with E-state index in [1.807, 2.05) is 40.0 Å². The van der Waals surface area contributed by atoms with Crippen LogP contribution in [0.3, 0.4) is 0 Å². The van der Waals surface area contributed by atoms with Crippen molar-refractivity contribution < 1.29 is 0 Å². The molecule has 0 bridgehead atoms. The van der Waals surface area contributed by atoms with Gasteiger partial charge >= 0.3 is 0 Å². The summed E-state index contributed by atoms with van der Waals surface area (Å²) in [6.07, 6.45) is 5.67. The largest absolute Gasteiger partial charge is 0.330 e. The van der Waals surface area contributed by atoms with Gasteiger partial charge in [0.05, 0.1) is 25.0 Å². The molecule has 0 saturated heterocycles. The summed E-state index contributed by atoms with van der Waals surface area (Å²) in [5.74, 6) is 0.698. The number of thiocarbonyl (C=S) groups is 1. The smallest absolute Gasteiger partial charge is 0.176 e. The van der Waals surface area contributed by atoms with E-state index in [0.717, 1.165) is 12.2 Å². The molecule has 7 heteroatoms. The third kappa shape index (κ3) is 4.94. The van der Waals surface area contributed by atoms with Crippen molar-refractivity contribution in [3.05, 3.63) is 108 Å². The predicted octanol–water partition coefficient (Wildman–Crippen LogP) is 5.45. The number of anilines is 2. The third-order valence-electron chi connectivity index (χ3n) is 5.58. The zero-order valence-corrected chi connectivity index (χ0v) is 19.1. The van der Waals surface area contributed by atoms with E-state index in [4.69, 9.17) is 12.2 Å². The van der Waals surface area contributed by atoms with E-state index < -0.39 is 0 Å². The molecule has 0 radical (unpaired) electrons. The molecule has 0 aliphatic heterocycles. The maximum absolute atomic E-state index is 5.47. The first-order chi connectivity index (χ1) is 16.1. The van der Waals surface area contributed by atoms with Gasteiger partial charge in [0.1, 0.15) is 0 Å². The number of benzene rings is 3. The number of rotatable bonds is 6. The highest BCUT2D eigenvalue weighted by Crippen LogP contribution is 2.20. The standard InChI is InChI=1S/C26H24N6S/c1-19-7-2-3-9-21(19)16-31-14-13-25(30-31)29-26(33)28-23-15-27-32(18-23)17-22-11-6-10-20-8-4-5-12-24(20)22/h2-15,18H,16-17H2,1H3,(H2,28,29,30,33). The molecule has 3 aromatic carbocycles. The summed E-state index contributed by atoms with van der Waals surface area (Å²) in [6, 6.07) is 25.0. The average molecular weight is 453 g/mol. The Labute approximate surface area is 197 Å². The second kappa shape index (κ2) is 9.26. The molecule has 0 aliphatic carbocycles. The van der Waals surface area contributed by atoms with Crippen molar-refractivity contribution in [2.75, 3.05) is 10.6 Å². The molecule has 0 amide bonds.